The topological polar surface area (TPSA) is 90.6 Å². The van der Waals surface area contributed by atoms with E-state index in [1.807, 2.05) is 0 Å². The highest BCUT2D eigenvalue weighted by Crippen LogP contribution is 1.98. The minimum Gasteiger partial charge on any atom is -0.466 e. The van der Waals surface area contributed by atoms with Crippen LogP contribution in [0.3, 0.4) is 0 Å². The highest BCUT2D eigenvalue weighted by atomic mass is 16.5. The van der Waals surface area contributed by atoms with Gasteiger partial charge in [-0.05, 0) is 19.4 Å². The second kappa shape index (κ2) is 14.3. The first-order valence-electron chi connectivity index (χ1n) is 7.32. The summed E-state index contributed by atoms with van der Waals surface area (Å²) in [6.07, 6.45) is 5.14. The van der Waals surface area contributed by atoms with Crippen LogP contribution in [-0.4, -0.2) is 45.3 Å². The molecule has 0 saturated heterocycles. The molecule has 0 saturated carbocycles. The number of methoxy groups -OCH3 is 1. The van der Waals surface area contributed by atoms with Crippen LogP contribution < -0.4 is 11.1 Å². The van der Waals surface area contributed by atoms with Gasteiger partial charge in [-0.3, -0.25) is 9.59 Å². The van der Waals surface area contributed by atoms with Gasteiger partial charge in [0.2, 0.25) is 5.91 Å². The van der Waals surface area contributed by atoms with Crippen molar-refractivity contribution in [1.82, 2.24) is 5.32 Å². The van der Waals surface area contributed by atoms with Gasteiger partial charge in [-0.2, -0.15) is 0 Å². The van der Waals surface area contributed by atoms with Crippen LogP contribution in [0.5, 0.6) is 0 Å². The van der Waals surface area contributed by atoms with Gasteiger partial charge in [0.15, 0.2) is 0 Å². The van der Waals surface area contributed by atoms with Crippen molar-refractivity contribution in [2.45, 2.75) is 44.9 Å². The van der Waals surface area contributed by atoms with Crippen molar-refractivity contribution in [2.24, 2.45) is 5.73 Å². The molecule has 0 unspecified atom stereocenters. The fourth-order valence-electron chi connectivity index (χ4n) is 1.62. The number of unbranched alkanes of at least 4 members (excludes halogenated alkanes) is 3. The Morgan fingerprint density at radius 3 is 2.45 bits per heavy atom. The summed E-state index contributed by atoms with van der Waals surface area (Å²) in [5.74, 6) is -0.433. The highest BCUT2D eigenvalue weighted by Gasteiger charge is 2.07. The van der Waals surface area contributed by atoms with Crippen molar-refractivity contribution in [3.63, 3.8) is 0 Å². The Morgan fingerprint density at radius 2 is 1.75 bits per heavy atom. The minimum absolute atomic E-state index is 0.0994. The predicted octanol–water partition coefficient (Wildman–Crippen LogP) is 0.982. The van der Waals surface area contributed by atoms with Gasteiger partial charge in [0.25, 0.3) is 0 Å². The molecule has 0 atom stereocenters. The number of ether oxygens (including phenoxy) is 2. The van der Waals surface area contributed by atoms with E-state index in [1.165, 1.54) is 0 Å². The standard InChI is InChI=1S/C14H28N2O4/c1-19-11-6-12-20-14(18)8-7-13(17)16-10-5-3-2-4-9-15/h2-12,15H2,1H3,(H,16,17). The van der Waals surface area contributed by atoms with E-state index in [0.29, 0.717) is 26.2 Å². The van der Waals surface area contributed by atoms with Gasteiger partial charge in [-0.25, -0.2) is 0 Å². The molecule has 0 fully saturated rings. The van der Waals surface area contributed by atoms with E-state index in [9.17, 15) is 9.59 Å². The second-order valence-corrected chi connectivity index (χ2v) is 4.62. The molecular formula is C14H28N2O4. The van der Waals surface area contributed by atoms with E-state index in [0.717, 1.165) is 32.2 Å². The van der Waals surface area contributed by atoms with E-state index in [1.54, 1.807) is 7.11 Å². The molecule has 0 aromatic rings. The maximum absolute atomic E-state index is 11.5. The van der Waals surface area contributed by atoms with Crippen LogP contribution >= 0.6 is 0 Å². The lowest BCUT2D eigenvalue weighted by Crippen LogP contribution is -2.25. The molecule has 0 aliphatic heterocycles. The molecule has 0 aromatic carbocycles. The summed E-state index contributed by atoms with van der Waals surface area (Å²) in [4.78, 5) is 22.8. The van der Waals surface area contributed by atoms with Gasteiger partial charge in [0.05, 0.1) is 13.0 Å². The summed E-state index contributed by atoms with van der Waals surface area (Å²) in [6, 6.07) is 0. The monoisotopic (exact) mass is 288 g/mol. The van der Waals surface area contributed by atoms with Crippen molar-refractivity contribution >= 4 is 11.9 Å². The molecule has 118 valence electrons. The van der Waals surface area contributed by atoms with Gasteiger partial charge in [-0.15, -0.1) is 0 Å². The number of carbonyl (C=O) groups excluding carboxylic acids is 2. The minimum atomic E-state index is -0.334. The molecule has 0 heterocycles. The molecule has 0 aliphatic carbocycles. The van der Waals surface area contributed by atoms with Crippen LogP contribution in [0, 0.1) is 0 Å². The lowest BCUT2D eigenvalue weighted by molar-refractivity contribution is -0.145. The van der Waals surface area contributed by atoms with Crippen LogP contribution in [0.4, 0.5) is 0 Å². The van der Waals surface area contributed by atoms with E-state index >= 15 is 0 Å². The molecule has 0 bridgehead atoms. The van der Waals surface area contributed by atoms with Gasteiger partial charge >= 0.3 is 5.97 Å². The Hall–Kier alpha value is -1.14. The van der Waals surface area contributed by atoms with E-state index < -0.39 is 0 Å². The molecular weight excluding hydrogens is 260 g/mol. The number of esters is 1. The Kier molecular flexibility index (Phi) is 13.5. The number of hydrogen-bond acceptors (Lipinski definition) is 5. The van der Waals surface area contributed by atoms with Crippen molar-refractivity contribution in [1.29, 1.82) is 0 Å². The molecule has 0 rings (SSSR count). The molecule has 0 spiro atoms. The third-order valence-electron chi connectivity index (χ3n) is 2.77. The number of amides is 1. The molecule has 0 radical (unpaired) electrons. The quantitative estimate of drug-likeness (QED) is 0.389. The summed E-state index contributed by atoms with van der Waals surface area (Å²) in [5.41, 5.74) is 5.39. The lowest BCUT2D eigenvalue weighted by atomic mass is 10.2. The third kappa shape index (κ3) is 13.3. The van der Waals surface area contributed by atoms with Crippen LogP contribution in [-0.2, 0) is 19.1 Å². The molecule has 20 heavy (non-hydrogen) atoms. The first-order chi connectivity index (χ1) is 9.70. The largest absolute Gasteiger partial charge is 0.466 e. The van der Waals surface area contributed by atoms with Crippen molar-refractivity contribution in [3.05, 3.63) is 0 Å². The Bertz CT molecular complexity index is 260. The van der Waals surface area contributed by atoms with Crippen LogP contribution in [0.15, 0.2) is 0 Å². The molecule has 0 aliphatic rings. The third-order valence-corrected chi connectivity index (χ3v) is 2.77. The number of hydrogen-bond donors (Lipinski definition) is 2. The Labute approximate surface area is 121 Å². The average molecular weight is 288 g/mol. The first kappa shape index (κ1) is 18.9. The number of nitrogens with one attached hydrogen (secondary N) is 1. The van der Waals surface area contributed by atoms with Crippen molar-refractivity contribution in [3.8, 4) is 0 Å². The van der Waals surface area contributed by atoms with E-state index in [2.05, 4.69) is 5.32 Å². The fraction of sp³-hybridized carbons (Fsp3) is 0.857. The maximum Gasteiger partial charge on any atom is 0.306 e. The molecule has 6 heteroatoms. The van der Waals surface area contributed by atoms with Crippen molar-refractivity contribution in [2.75, 3.05) is 33.4 Å². The zero-order valence-electron chi connectivity index (χ0n) is 12.5. The Morgan fingerprint density at radius 1 is 1.00 bits per heavy atom. The molecule has 3 N–H and O–H groups in total. The summed E-state index contributed by atoms with van der Waals surface area (Å²) >= 11 is 0. The summed E-state index contributed by atoms with van der Waals surface area (Å²) in [6.45, 7) is 2.29. The van der Waals surface area contributed by atoms with E-state index in [-0.39, 0.29) is 24.7 Å². The Balaban J connectivity index is 3.36. The zero-order chi connectivity index (χ0) is 15.1. The molecule has 0 aromatic heterocycles. The summed E-state index contributed by atoms with van der Waals surface area (Å²) in [7, 11) is 1.60. The molecule has 1 amide bonds. The predicted molar refractivity (Wildman–Crippen MR) is 77.2 cm³/mol. The zero-order valence-corrected chi connectivity index (χ0v) is 12.5. The lowest BCUT2D eigenvalue weighted by Gasteiger charge is -2.06. The van der Waals surface area contributed by atoms with Gasteiger partial charge in [0.1, 0.15) is 0 Å². The van der Waals surface area contributed by atoms with Crippen LogP contribution in [0.1, 0.15) is 44.9 Å². The second-order valence-electron chi connectivity index (χ2n) is 4.62. The first-order valence-corrected chi connectivity index (χ1v) is 7.32. The molecule has 6 nitrogen and oxygen atoms in total. The summed E-state index contributed by atoms with van der Waals surface area (Å²) < 4.78 is 9.79. The smallest absolute Gasteiger partial charge is 0.306 e. The number of rotatable bonds is 13. The van der Waals surface area contributed by atoms with Crippen molar-refractivity contribution < 1.29 is 19.1 Å². The summed E-state index contributed by atoms with van der Waals surface area (Å²) in [5, 5.41) is 2.79. The number of nitrogens with two attached hydrogens (primary N) is 1. The average Bonchev–Trinajstić information content (AvgIpc) is 2.45. The normalized spacial score (nSPS) is 10.3. The number of carbonyl (C=O) groups is 2. The van der Waals surface area contributed by atoms with Gasteiger partial charge < -0.3 is 20.5 Å². The fourth-order valence-corrected chi connectivity index (χ4v) is 1.62. The van der Waals surface area contributed by atoms with Gasteiger partial charge in [-0.1, -0.05) is 12.8 Å². The maximum atomic E-state index is 11.5. The van der Waals surface area contributed by atoms with Crippen LogP contribution in [0.2, 0.25) is 0 Å². The van der Waals surface area contributed by atoms with Crippen LogP contribution in [0.25, 0.3) is 0 Å². The van der Waals surface area contributed by atoms with Gasteiger partial charge in [0, 0.05) is 33.1 Å². The highest BCUT2D eigenvalue weighted by molar-refractivity contribution is 5.81. The van der Waals surface area contributed by atoms with E-state index in [4.69, 9.17) is 15.2 Å². The SMILES string of the molecule is COCCCOC(=O)CCC(=O)NCCCCCCN.